The lowest BCUT2D eigenvalue weighted by Crippen LogP contribution is -2.51. The number of ether oxygens (including phenoxy) is 6. The van der Waals surface area contributed by atoms with Crippen molar-refractivity contribution in [3.8, 4) is 34.5 Å². The van der Waals surface area contributed by atoms with Gasteiger partial charge in [0.05, 0.1) is 0 Å². The molecule has 0 spiro atoms. The number of fused-ring (bicyclic) bond motifs is 15. The molecule has 6 aromatic carbocycles. The summed E-state index contributed by atoms with van der Waals surface area (Å²) in [7, 11) is 0. The third-order valence-corrected chi connectivity index (χ3v) is 16.5. The fourth-order valence-corrected chi connectivity index (χ4v) is 13.3. The topological polar surface area (TPSA) is 55.4 Å². The van der Waals surface area contributed by atoms with Crippen molar-refractivity contribution in [3.05, 3.63) is 171 Å². The Balaban J connectivity index is 1.21. The third kappa shape index (κ3) is 4.78. The van der Waals surface area contributed by atoms with Crippen molar-refractivity contribution < 1.29 is 28.4 Å². The molecule has 3 aliphatic heterocycles. The van der Waals surface area contributed by atoms with E-state index < -0.39 is 16.2 Å². The van der Waals surface area contributed by atoms with Crippen LogP contribution in [0.2, 0.25) is 0 Å². The van der Waals surface area contributed by atoms with Crippen LogP contribution in [-0.4, -0.2) is 0 Å². The predicted octanol–water partition coefficient (Wildman–Crippen LogP) is 12.7. The number of halogens is 3. The summed E-state index contributed by atoms with van der Waals surface area (Å²) in [5, 5.41) is 0. The van der Waals surface area contributed by atoms with Crippen molar-refractivity contribution in [2.45, 2.75) is 83.6 Å². The van der Waals surface area contributed by atoms with Gasteiger partial charge in [-0.25, -0.2) is 0 Å². The first-order valence-corrected chi connectivity index (χ1v) is 22.4. The van der Waals surface area contributed by atoms with E-state index in [1.54, 1.807) is 0 Å². The van der Waals surface area contributed by atoms with Crippen molar-refractivity contribution in [1.29, 1.82) is 0 Å². The molecule has 0 fully saturated rings. The number of hydrogen-bond acceptors (Lipinski definition) is 6. The van der Waals surface area contributed by atoms with Gasteiger partial charge in [0.1, 0.15) is 74.1 Å². The van der Waals surface area contributed by atoms with Crippen molar-refractivity contribution in [3.63, 3.8) is 0 Å². The first kappa shape index (κ1) is 36.4. The highest BCUT2D eigenvalue weighted by Crippen LogP contribution is 2.82. The molecule has 0 saturated heterocycles. The molecule has 6 nitrogen and oxygen atoms in total. The SMILES string of the molecule is CC12c3cc4c5cc3C3(C)c6cc(c7cc6C(C)(c6cc(c(cc61)COc1cc(Br)cc(c1)OC4)COc1cc(Br)cc(c1)OC7)C23C)COc1cc(Br)cc(c1)OC5. The van der Waals surface area contributed by atoms with Crippen LogP contribution in [0.5, 0.6) is 34.5 Å². The molecule has 0 amide bonds. The Morgan fingerprint density at radius 2 is 0.492 bits per heavy atom. The molecule has 6 aliphatic rings. The molecule has 3 heterocycles. The van der Waals surface area contributed by atoms with Crippen LogP contribution in [0, 0.1) is 5.41 Å². The minimum atomic E-state index is -0.409. The maximum atomic E-state index is 6.70. The zero-order chi connectivity index (χ0) is 40.2. The van der Waals surface area contributed by atoms with Gasteiger partial charge in [0.15, 0.2) is 0 Å². The van der Waals surface area contributed by atoms with Gasteiger partial charge in [-0.05, 0) is 103 Å². The Labute approximate surface area is 368 Å². The molecule has 0 saturated carbocycles. The standard InChI is InChI=1S/C50H39Br3O6/c1-47-41-5-26-20-54-35-11-32(51)12-36(17-35)55-21-27-6-42(47)44-8-29(27)23-57-38-14-34(53)16-40(19-38)59-25-31-10-46-45-9-30(31)24-58-39-15-33(52)13-37(18-39)56-22-28(26)7-43(41)48(45,2)50(47,4)49(44,46)3/h5-19H,20-25H2,1-4H3. The van der Waals surface area contributed by atoms with E-state index in [-0.39, 0.29) is 5.41 Å². The first-order chi connectivity index (χ1) is 28.4. The monoisotopic (exact) mass is 972 g/mol. The summed E-state index contributed by atoms with van der Waals surface area (Å²) in [5.41, 5.74) is 13.0. The van der Waals surface area contributed by atoms with Crippen molar-refractivity contribution in [2.75, 3.05) is 0 Å². The van der Waals surface area contributed by atoms with Gasteiger partial charge < -0.3 is 28.4 Å². The predicted molar refractivity (Wildman–Crippen MR) is 235 cm³/mol. The molecule has 12 rings (SSSR count). The van der Waals surface area contributed by atoms with Gasteiger partial charge in [0, 0.05) is 53.3 Å². The quantitative estimate of drug-likeness (QED) is 0.151. The van der Waals surface area contributed by atoms with Crippen molar-refractivity contribution in [1.82, 2.24) is 0 Å². The summed E-state index contributed by atoms with van der Waals surface area (Å²) < 4.78 is 42.8. The van der Waals surface area contributed by atoms with Crippen LogP contribution in [0.3, 0.4) is 0 Å². The van der Waals surface area contributed by atoms with E-state index in [4.69, 9.17) is 28.4 Å². The average molecular weight is 976 g/mol. The number of benzene rings is 6. The lowest BCUT2D eigenvalue weighted by atomic mass is 9.52. The molecule has 59 heavy (non-hydrogen) atoms. The Hall–Kier alpha value is -4.44. The van der Waals surface area contributed by atoms with E-state index in [2.05, 4.69) is 112 Å². The zero-order valence-electron chi connectivity index (χ0n) is 33.0. The zero-order valence-corrected chi connectivity index (χ0v) is 37.7. The largest absolute Gasteiger partial charge is 0.489 e. The molecule has 0 unspecified atom stereocenters. The highest BCUT2D eigenvalue weighted by molar-refractivity contribution is 9.11. The lowest BCUT2D eigenvalue weighted by molar-refractivity contribution is 0.0996. The van der Waals surface area contributed by atoms with Gasteiger partial charge >= 0.3 is 0 Å². The molecular weight excluding hydrogens is 936 g/mol. The molecule has 0 radical (unpaired) electrons. The highest BCUT2D eigenvalue weighted by atomic mass is 79.9. The van der Waals surface area contributed by atoms with E-state index >= 15 is 0 Å². The molecule has 9 heteroatoms. The smallest absolute Gasteiger partial charge is 0.124 e. The molecule has 0 aromatic heterocycles. The summed E-state index contributed by atoms with van der Waals surface area (Å²) in [6.45, 7) is 12.3. The second kappa shape index (κ2) is 12.3. The minimum absolute atomic E-state index is 0.336. The second-order valence-corrected chi connectivity index (χ2v) is 20.3. The van der Waals surface area contributed by atoms with Crippen LogP contribution in [-0.2, 0) is 55.9 Å². The molecule has 18 bridgehead atoms. The van der Waals surface area contributed by atoms with Gasteiger partial charge in [-0.3, -0.25) is 0 Å². The van der Waals surface area contributed by atoms with Crippen LogP contribution in [0.15, 0.2) is 104 Å². The van der Waals surface area contributed by atoms with Crippen LogP contribution in [0.4, 0.5) is 0 Å². The van der Waals surface area contributed by atoms with E-state index in [0.29, 0.717) is 39.6 Å². The molecule has 6 aromatic rings. The van der Waals surface area contributed by atoms with Crippen LogP contribution in [0.25, 0.3) is 0 Å². The van der Waals surface area contributed by atoms with E-state index in [0.717, 1.165) is 81.3 Å². The molecule has 3 aliphatic carbocycles. The second-order valence-electron chi connectivity index (χ2n) is 17.6. The summed E-state index contributed by atoms with van der Waals surface area (Å²) in [4.78, 5) is 0. The third-order valence-electron chi connectivity index (χ3n) is 15.2. The van der Waals surface area contributed by atoms with E-state index in [1.165, 1.54) is 33.4 Å². The van der Waals surface area contributed by atoms with Crippen LogP contribution < -0.4 is 28.4 Å². The Morgan fingerprint density at radius 1 is 0.305 bits per heavy atom. The van der Waals surface area contributed by atoms with E-state index in [9.17, 15) is 0 Å². The minimum Gasteiger partial charge on any atom is -0.489 e. The van der Waals surface area contributed by atoms with Gasteiger partial charge in [-0.15, -0.1) is 0 Å². The van der Waals surface area contributed by atoms with E-state index in [1.807, 2.05) is 54.6 Å². The van der Waals surface area contributed by atoms with Crippen LogP contribution in [0.1, 0.15) is 94.5 Å². The summed E-state index contributed by atoms with van der Waals surface area (Å²) >= 11 is 11.2. The lowest BCUT2D eigenvalue weighted by Gasteiger charge is -2.49. The highest BCUT2D eigenvalue weighted by Gasteiger charge is 2.80. The first-order valence-electron chi connectivity index (χ1n) is 20.1. The van der Waals surface area contributed by atoms with Gasteiger partial charge in [-0.2, -0.15) is 0 Å². The molecule has 0 N–H and O–H groups in total. The Kier molecular flexibility index (Phi) is 7.61. The maximum absolute atomic E-state index is 6.70. The Morgan fingerprint density at radius 3 is 0.678 bits per heavy atom. The van der Waals surface area contributed by atoms with Crippen molar-refractivity contribution in [2.24, 2.45) is 5.41 Å². The molecule has 296 valence electrons. The Bertz CT molecular complexity index is 2400. The summed E-state index contributed by atoms with van der Waals surface area (Å²) in [5.74, 6) is 4.33. The molecule has 0 atom stereocenters. The normalized spacial score (nSPS) is 25.9. The molecular formula is C50H39Br3O6. The number of hydrogen-bond donors (Lipinski definition) is 0. The number of rotatable bonds is 0. The van der Waals surface area contributed by atoms with Crippen molar-refractivity contribution >= 4 is 47.8 Å². The van der Waals surface area contributed by atoms with Gasteiger partial charge in [0.25, 0.3) is 0 Å². The van der Waals surface area contributed by atoms with Gasteiger partial charge in [0.2, 0.25) is 0 Å². The summed E-state index contributed by atoms with van der Waals surface area (Å²) in [6.07, 6.45) is 0. The van der Waals surface area contributed by atoms with Crippen LogP contribution >= 0.6 is 47.8 Å². The average Bonchev–Trinajstić information content (AvgIpc) is 3.55. The fourth-order valence-electron chi connectivity index (χ4n) is 12.0. The van der Waals surface area contributed by atoms with Gasteiger partial charge in [-0.1, -0.05) is 112 Å². The maximum Gasteiger partial charge on any atom is 0.124 e. The summed E-state index contributed by atoms with van der Waals surface area (Å²) in [6, 6.07) is 32.6. The fraction of sp³-hybridized carbons (Fsp3) is 0.280.